The van der Waals surface area contributed by atoms with Gasteiger partial charge in [-0.3, -0.25) is 0 Å². The molecule has 0 amide bonds. The highest BCUT2D eigenvalue weighted by Gasteiger charge is 2.19. The fourth-order valence-corrected chi connectivity index (χ4v) is 2.30. The Hall–Kier alpha value is -1.49. The highest BCUT2D eigenvalue weighted by Crippen LogP contribution is 2.27. The van der Waals surface area contributed by atoms with Crippen molar-refractivity contribution in [2.24, 2.45) is 0 Å². The van der Waals surface area contributed by atoms with Crippen LogP contribution in [-0.2, 0) is 0 Å². The van der Waals surface area contributed by atoms with Crippen molar-refractivity contribution in [3.8, 4) is 6.07 Å². The van der Waals surface area contributed by atoms with Gasteiger partial charge in [0.2, 0.25) is 0 Å². The monoisotopic (exact) mass is 200 g/mol. The molecule has 2 nitrogen and oxygen atoms in total. The van der Waals surface area contributed by atoms with Crippen molar-refractivity contribution in [1.82, 2.24) is 0 Å². The summed E-state index contributed by atoms with van der Waals surface area (Å²) in [6.07, 6.45) is 5.25. The first-order chi connectivity index (χ1) is 7.31. The van der Waals surface area contributed by atoms with Crippen molar-refractivity contribution in [2.45, 2.75) is 31.7 Å². The number of hydrogen-bond acceptors (Lipinski definition) is 2. The van der Waals surface area contributed by atoms with Gasteiger partial charge in [-0.05, 0) is 31.0 Å². The molecule has 1 aromatic rings. The summed E-state index contributed by atoms with van der Waals surface area (Å²) < 4.78 is 0. The van der Waals surface area contributed by atoms with Crippen molar-refractivity contribution in [3.63, 3.8) is 0 Å². The van der Waals surface area contributed by atoms with Crippen molar-refractivity contribution >= 4 is 5.69 Å². The maximum absolute atomic E-state index is 8.84. The molecule has 0 radical (unpaired) electrons. The maximum atomic E-state index is 8.84. The molecule has 0 aliphatic heterocycles. The maximum Gasteiger partial charge on any atom is 0.0992 e. The van der Waals surface area contributed by atoms with E-state index in [9.17, 15) is 0 Å². The predicted octanol–water partition coefficient (Wildman–Crippen LogP) is 2.94. The fraction of sp³-hybridized carbons (Fsp3) is 0.462. The molecule has 0 N–H and O–H groups in total. The van der Waals surface area contributed by atoms with Gasteiger partial charge < -0.3 is 4.90 Å². The van der Waals surface area contributed by atoms with E-state index in [2.05, 4.69) is 24.1 Å². The van der Waals surface area contributed by atoms with Crippen molar-refractivity contribution in [2.75, 3.05) is 11.9 Å². The van der Waals surface area contributed by atoms with Gasteiger partial charge in [0.05, 0.1) is 11.6 Å². The van der Waals surface area contributed by atoms with Crippen LogP contribution in [0.1, 0.15) is 31.2 Å². The van der Waals surface area contributed by atoms with Crippen LogP contribution in [0.15, 0.2) is 24.3 Å². The Balaban J connectivity index is 2.17. The third kappa shape index (κ3) is 2.12. The van der Waals surface area contributed by atoms with Gasteiger partial charge in [0.25, 0.3) is 0 Å². The lowest BCUT2D eigenvalue weighted by atomic mass is 10.1. The second kappa shape index (κ2) is 4.35. The summed E-state index contributed by atoms with van der Waals surface area (Å²) in [5.74, 6) is 0. The van der Waals surface area contributed by atoms with E-state index in [-0.39, 0.29) is 0 Å². The molecule has 1 fully saturated rings. The largest absolute Gasteiger partial charge is 0.372 e. The molecule has 1 saturated carbocycles. The smallest absolute Gasteiger partial charge is 0.0992 e. The van der Waals surface area contributed by atoms with Gasteiger partial charge in [0.15, 0.2) is 0 Å². The molecule has 15 heavy (non-hydrogen) atoms. The van der Waals surface area contributed by atoms with Crippen molar-refractivity contribution < 1.29 is 0 Å². The summed E-state index contributed by atoms with van der Waals surface area (Å²) in [6.45, 7) is 0. The number of hydrogen-bond donors (Lipinski definition) is 0. The van der Waals surface area contributed by atoms with E-state index in [1.165, 1.54) is 31.4 Å². The zero-order valence-corrected chi connectivity index (χ0v) is 9.11. The third-order valence-corrected chi connectivity index (χ3v) is 3.25. The first-order valence-electron chi connectivity index (χ1n) is 5.54. The van der Waals surface area contributed by atoms with E-state index in [0.717, 1.165) is 5.56 Å². The quantitative estimate of drug-likeness (QED) is 0.734. The zero-order chi connectivity index (χ0) is 10.7. The van der Waals surface area contributed by atoms with Crippen LogP contribution in [0.3, 0.4) is 0 Å². The number of benzene rings is 1. The summed E-state index contributed by atoms with van der Waals surface area (Å²) in [4.78, 5) is 2.31. The van der Waals surface area contributed by atoms with Crippen LogP contribution in [-0.4, -0.2) is 13.1 Å². The van der Waals surface area contributed by atoms with E-state index in [1.54, 1.807) is 0 Å². The van der Waals surface area contributed by atoms with Gasteiger partial charge in [0, 0.05) is 18.8 Å². The molecule has 0 unspecified atom stereocenters. The lowest BCUT2D eigenvalue weighted by Gasteiger charge is -2.26. The first kappa shape index (κ1) is 10.0. The molecule has 0 heterocycles. The van der Waals surface area contributed by atoms with Crippen LogP contribution in [0, 0.1) is 11.3 Å². The van der Waals surface area contributed by atoms with Crippen molar-refractivity contribution in [3.05, 3.63) is 29.8 Å². The summed E-state index contributed by atoms with van der Waals surface area (Å²) in [5, 5.41) is 8.84. The lowest BCUT2D eigenvalue weighted by Crippen LogP contribution is -2.28. The Morgan fingerprint density at radius 3 is 2.73 bits per heavy atom. The molecular weight excluding hydrogens is 184 g/mol. The Morgan fingerprint density at radius 1 is 1.33 bits per heavy atom. The Bertz CT molecular complexity index is 372. The van der Waals surface area contributed by atoms with E-state index < -0.39 is 0 Å². The Kier molecular flexibility index (Phi) is 2.91. The minimum atomic E-state index is 0.666. The van der Waals surface area contributed by atoms with Gasteiger partial charge >= 0.3 is 0 Å². The van der Waals surface area contributed by atoms with Crippen LogP contribution >= 0.6 is 0 Å². The highest BCUT2D eigenvalue weighted by atomic mass is 15.1. The standard InChI is InChI=1S/C13H16N2/c1-15(12-6-2-3-7-12)13-8-4-5-11(9-13)10-14/h4-5,8-9,12H,2-3,6-7H2,1H3. The normalized spacial score (nSPS) is 16.3. The minimum absolute atomic E-state index is 0.666. The van der Waals surface area contributed by atoms with Gasteiger partial charge in [0.1, 0.15) is 0 Å². The summed E-state index contributed by atoms with van der Waals surface area (Å²) in [5.41, 5.74) is 1.92. The van der Waals surface area contributed by atoms with E-state index in [4.69, 9.17) is 5.26 Å². The second-order valence-corrected chi connectivity index (χ2v) is 4.21. The summed E-state index contributed by atoms with van der Waals surface area (Å²) >= 11 is 0. The van der Waals surface area contributed by atoms with Gasteiger partial charge in [-0.25, -0.2) is 0 Å². The van der Waals surface area contributed by atoms with Crippen LogP contribution in [0.2, 0.25) is 0 Å². The van der Waals surface area contributed by atoms with Crippen LogP contribution in [0.5, 0.6) is 0 Å². The molecule has 1 aliphatic carbocycles. The molecule has 0 atom stereocenters. The number of rotatable bonds is 2. The van der Waals surface area contributed by atoms with E-state index >= 15 is 0 Å². The average Bonchev–Trinajstić information content (AvgIpc) is 2.81. The second-order valence-electron chi connectivity index (χ2n) is 4.21. The Labute approximate surface area is 91.1 Å². The molecular formula is C13H16N2. The van der Waals surface area contributed by atoms with Crippen LogP contribution < -0.4 is 4.90 Å². The van der Waals surface area contributed by atoms with Gasteiger partial charge in [-0.15, -0.1) is 0 Å². The topological polar surface area (TPSA) is 27.0 Å². The summed E-state index contributed by atoms with van der Waals surface area (Å²) in [7, 11) is 2.13. The van der Waals surface area contributed by atoms with E-state index in [0.29, 0.717) is 6.04 Å². The van der Waals surface area contributed by atoms with Crippen LogP contribution in [0.4, 0.5) is 5.69 Å². The molecule has 78 valence electrons. The molecule has 2 rings (SSSR count). The lowest BCUT2D eigenvalue weighted by molar-refractivity contribution is 0.653. The fourth-order valence-electron chi connectivity index (χ4n) is 2.30. The molecule has 1 aliphatic rings. The SMILES string of the molecule is CN(c1cccc(C#N)c1)C1CCCC1. The van der Waals surface area contributed by atoms with Crippen molar-refractivity contribution in [1.29, 1.82) is 5.26 Å². The van der Waals surface area contributed by atoms with Gasteiger partial charge in [-0.1, -0.05) is 18.9 Å². The molecule has 0 bridgehead atoms. The zero-order valence-electron chi connectivity index (χ0n) is 9.11. The minimum Gasteiger partial charge on any atom is -0.372 e. The highest BCUT2D eigenvalue weighted by molar-refractivity contribution is 5.51. The average molecular weight is 200 g/mol. The molecule has 0 saturated heterocycles. The first-order valence-corrected chi connectivity index (χ1v) is 5.54. The number of anilines is 1. The predicted molar refractivity (Wildman–Crippen MR) is 61.8 cm³/mol. The van der Waals surface area contributed by atoms with E-state index in [1.807, 2.05) is 18.2 Å². The van der Waals surface area contributed by atoms with Crippen LogP contribution in [0.25, 0.3) is 0 Å². The number of nitriles is 1. The third-order valence-electron chi connectivity index (χ3n) is 3.25. The number of nitrogens with zero attached hydrogens (tertiary/aromatic N) is 2. The molecule has 2 heteroatoms. The molecule has 1 aromatic carbocycles. The molecule has 0 spiro atoms. The Morgan fingerprint density at radius 2 is 2.07 bits per heavy atom. The van der Waals surface area contributed by atoms with Gasteiger partial charge in [-0.2, -0.15) is 5.26 Å². The molecule has 0 aromatic heterocycles. The summed E-state index contributed by atoms with van der Waals surface area (Å²) in [6, 6.07) is 10.7.